The lowest BCUT2D eigenvalue weighted by Gasteiger charge is -2.39. The smallest absolute Gasteiger partial charge is 0.324 e. The Bertz CT molecular complexity index is 565. The molecule has 8 nitrogen and oxygen atoms in total. The number of anilines is 1. The molecule has 1 aliphatic heterocycles. The van der Waals surface area contributed by atoms with Gasteiger partial charge in [0.05, 0.1) is 14.2 Å². The van der Waals surface area contributed by atoms with Gasteiger partial charge in [0.2, 0.25) is 11.9 Å². The molecular formula is C16H27N5O3. The summed E-state index contributed by atoms with van der Waals surface area (Å²) in [5, 5.41) is 0. The summed E-state index contributed by atoms with van der Waals surface area (Å²) in [7, 11) is 4.89. The van der Waals surface area contributed by atoms with E-state index in [0.717, 1.165) is 19.4 Å². The Morgan fingerprint density at radius 2 is 1.75 bits per heavy atom. The second-order valence-electron chi connectivity index (χ2n) is 7.02. The van der Waals surface area contributed by atoms with E-state index in [4.69, 9.17) is 9.47 Å². The van der Waals surface area contributed by atoms with Gasteiger partial charge in [-0.2, -0.15) is 9.97 Å². The van der Waals surface area contributed by atoms with Crippen molar-refractivity contribution in [3.8, 4) is 12.0 Å². The summed E-state index contributed by atoms with van der Waals surface area (Å²) < 4.78 is 10.2. The zero-order valence-corrected chi connectivity index (χ0v) is 15.4. The molecule has 134 valence electrons. The maximum atomic E-state index is 12.5. The van der Waals surface area contributed by atoms with Gasteiger partial charge < -0.3 is 19.3 Å². The molecule has 0 radical (unpaired) electrons. The molecule has 8 heteroatoms. The number of methoxy groups -OCH3 is 2. The number of amides is 1. The van der Waals surface area contributed by atoms with Gasteiger partial charge in [0.25, 0.3) is 0 Å². The number of carbonyl (C=O) groups excluding carboxylic acids is 1. The molecule has 24 heavy (non-hydrogen) atoms. The molecule has 2 rings (SSSR count). The first-order valence-electron chi connectivity index (χ1n) is 8.12. The van der Waals surface area contributed by atoms with E-state index in [2.05, 4.69) is 15.0 Å². The molecule has 0 spiro atoms. The van der Waals surface area contributed by atoms with Crippen LogP contribution in [0.4, 0.5) is 5.95 Å². The number of nitrogens with zero attached hydrogens (tertiary/aromatic N) is 5. The molecule has 1 aromatic rings. The van der Waals surface area contributed by atoms with E-state index in [1.807, 2.05) is 37.6 Å². The van der Waals surface area contributed by atoms with Crippen LogP contribution in [0.3, 0.4) is 0 Å². The van der Waals surface area contributed by atoms with Gasteiger partial charge in [-0.15, -0.1) is 4.98 Å². The average molecular weight is 337 g/mol. The number of piperidine rings is 1. The maximum Gasteiger partial charge on any atom is 0.324 e. The fourth-order valence-corrected chi connectivity index (χ4v) is 2.80. The van der Waals surface area contributed by atoms with Crippen molar-refractivity contribution in [1.29, 1.82) is 0 Å². The van der Waals surface area contributed by atoms with E-state index < -0.39 is 5.41 Å². The standard InChI is InChI=1S/C16H27N5O3/c1-16(2,3)12(22)20(4)11-8-7-9-21(10-11)13-17-14(23-5)19-15(18-13)24-6/h11H,7-10H2,1-6H3. The third-order valence-corrected chi connectivity index (χ3v) is 4.14. The van der Waals surface area contributed by atoms with E-state index in [1.54, 1.807) is 0 Å². The molecule has 1 aromatic heterocycles. The fraction of sp³-hybridized carbons (Fsp3) is 0.750. The summed E-state index contributed by atoms with van der Waals surface area (Å²) in [5.41, 5.74) is -0.392. The van der Waals surface area contributed by atoms with Crippen molar-refractivity contribution >= 4 is 11.9 Å². The summed E-state index contributed by atoms with van der Waals surface area (Å²) in [6, 6.07) is 0.565. The van der Waals surface area contributed by atoms with Gasteiger partial charge in [-0.05, 0) is 12.8 Å². The molecule has 1 saturated heterocycles. The molecule has 1 atom stereocenters. The third kappa shape index (κ3) is 4.04. The normalized spacial score (nSPS) is 18.2. The molecule has 0 saturated carbocycles. The number of ether oxygens (including phenoxy) is 2. The van der Waals surface area contributed by atoms with Gasteiger partial charge in [0.15, 0.2) is 0 Å². The molecular weight excluding hydrogens is 310 g/mol. The number of rotatable bonds is 4. The fourth-order valence-electron chi connectivity index (χ4n) is 2.80. The molecule has 0 N–H and O–H groups in total. The molecule has 1 amide bonds. The van der Waals surface area contributed by atoms with Crippen LogP contribution in [-0.2, 0) is 4.79 Å². The van der Waals surface area contributed by atoms with Crippen molar-refractivity contribution in [3.63, 3.8) is 0 Å². The van der Waals surface area contributed by atoms with Crippen LogP contribution in [-0.4, -0.2) is 66.2 Å². The maximum absolute atomic E-state index is 12.5. The van der Waals surface area contributed by atoms with Crippen LogP contribution in [0.5, 0.6) is 12.0 Å². The lowest BCUT2D eigenvalue weighted by molar-refractivity contribution is -0.140. The Kier molecular flexibility index (Phi) is 5.46. The Morgan fingerprint density at radius 3 is 2.25 bits per heavy atom. The Hall–Kier alpha value is -2.12. The van der Waals surface area contributed by atoms with Crippen LogP contribution >= 0.6 is 0 Å². The largest absolute Gasteiger partial charge is 0.467 e. The van der Waals surface area contributed by atoms with Crippen LogP contribution < -0.4 is 14.4 Å². The van der Waals surface area contributed by atoms with E-state index in [-0.39, 0.29) is 24.0 Å². The van der Waals surface area contributed by atoms with Gasteiger partial charge in [-0.25, -0.2) is 0 Å². The first-order valence-corrected chi connectivity index (χ1v) is 8.12. The van der Waals surface area contributed by atoms with E-state index in [1.165, 1.54) is 14.2 Å². The predicted molar refractivity (Wildman–Crippen MR) is 90.4 cm³/mol. The summed E-state index contributed by atoms with van der Waals surface area (Å²) in [5.74, 6) is 0.653. The Balaban J connectivity index is 2.17. The number of hydrogen-bond acceptors (Lipinski definition) is 7. The van der Waals surface area contributed by atoms with E-state index in [9.17, 15) is 4.79 Å². The summed E-state index contributed by atoms with van der Waals surface area (Å²) in [4.78, 5) is 29.1. The quantitative estimate of drug-likeness (QED) is 0.820. The van der Waals surface area contributed by atoms with Crippen molar-refractivity contribution in [2.45, 2.75) is 39.7 Å². The number of aromatic nitrogens is 3. The minimum absolute atomic E-state index is 0.124. The van der Waals surface area contributed by atoms with Crippen molar-refractivity contribution in [1.82, 2.24) is 19.9 Å². The highest BCUT2D eigenvalue weighted by Crippen LogP contribution is 2.25. The van der Waals surface area contributed by atoms with Crippen LogP contribution in [0, 0.1) is 5.41 Å². The van der Waals surface area contributed by atoms with Crippen molar-refractivity contribution in [2.75, 3.05) is 39.3 Å². The molecule has 1 aliphatic rings. The van der Waals surface area contributed by atoms with E-state index >= 15 is 0 Å². The molecule has 2 heterocycles. The highest BCUT2D eigenvalue weighted by molar-refractivity contribution is 5.81. The van der Waals surface area contributed by atoms with Crippen LogP contribution in [0.15, 0.2) is 0 Å². The molecule has 1 unspecified atom stereocenters. The molecule has 0 aliphatic carbocycles. The van der Waals surface area contributed by atoms with Crippen LogP contribution in [0.1, 0.15) is 33.6 Å². The first-order chi connectivity index (χ1) is 11.3. The zero-order valence-electron chi connectivity index (χ0n) is 15.4. The predicted octanol–water partition coefficient (Wildman–Crippen LogP) is 1.36. The second kappa shape index (κ2) is 7.19. The SMILES string of the molecule is COc1nc(OC)nc(N2CCCC(N(C)C(=O)C(C)(C)C)C2)n1. The first kappa shape index (κ1) is 18.2. The van der Waals surface area contributed by atoms with Gasteiger partial charge in [0.1, 0.15) is 0 Å². The zero-order chi connectivity index (χ0) is 17.9. The monoisotopic (exact) mass is 337 g/mol. The minimum atomic E-state index is -0.392. The highest BCUT2D eigenvalue weighted by Gasteiger charge is 2.32. The Morgan fingerprint density at radius 1 is 1.17 bits per heavy atom. The summed E-state index contributed by atoms with van der Waals surface area (Å²) >= 11 is 0. The van der Waals surface area contributed by atoms with Gasteiger partial charge in [-0.3, -0.25) is 4.79 Å². The summed E-state index contributed by atoms with van der Waals surface area (Å²) in [6.45, 7) is 7.31. The minimum Gasteiger partial charge on any atom is -0.467 e. The topological polar surface area (TPSA) is 80.7 Å². The van der Waals surface area contributed by atoms with Crippen molar-refractivity contribution < 1.29 is 14.3 Å². The van der Waals surface area contributed by atoms with Crippen molar-refractivity contribution in [2.24, 2.45) is 5.41 Å². The molecule has 0 bridgehead atoms. The Labute approximate surface area is 143 Å². The number of hydrogen-bond donors (Lipinski definition) is 0. The average Bonchev–Trinajstić information content (AvgIpc) is 2.59. The molecule has 0 aromatic carbocycles. The van der Waals surface area contributed by atoms with Crippen LogP contribution in [0.2, 0.25) is 0 Å². The van der Waals surface area contributed by atoms with Gasteiger partial charge >= 0.3 is 12.0 Å². The lowest BCUT2D eigenvalue weighted by atomic mass is 9.93. The molecule has 1 fully saturated rings. The third-order valence-electron chi connectivity index (χ3n) is 4.14. The van der Waals surface area contributed by atoms with Crippen LogP contribution in [0.25, 0.3) is 0 Å². The summed E-state index contributed by atoms with van der Waals surface area (Å²) in [6.07, 6.45) is 1.93. The van der Waals surface area contributed by atoms with Gasteiger partial charge in [0, 0.05) is 31.6 Å². The second-order valence-corrected chi connectivity index (χ2v) is 7.02. The number of carbonyl (C=O) groups is 1. The van der Waals surface area contributed by atoms with Gasteiger partial charge in [-0.1, -0.05) is 20.8 Å². The van der Waals surface area contributed by atoms with Crippen molar-refractivity contribution in [3.05, 3.63) is 0 Å². The van der Waals surface area contributed by atoms with E-state index in [0.29, 0.717) is 12.5 Å². The lowest BCUT2D eigenvalue weighted by Crippen LogP contribution is -2.51. The highest BCUT2D eigenvalue weighted by atomic mass is 16.5. The number of likely N-dealkylation sites (N-methyl/N-ethyl adjacent to an activating group) is 1.